The lowest BCUT2D eigenvalue weighted by Crippen LogP contribution is -2.39. The number of rotatable bonds is 8. The molecule has 0 aliphatic rings. The number of aryl methyl sites for hydroxylation is 1. The highest BCUT2D eigenvalue weighted by Crippen LogP contribution is 2.14. The molecule has 0 fully saturated rings. The Morgan fingerprint density at radius 2 is 2.11 bits per heavy atom. The zero-order chi connectivity index (χ0) is 14.1. The van der Waals surface area contributed by atoms with Gasteiger partial charge in [-0.1, -0.05) is 19.1 Å². The quantitative estimate of drug-likeness (QED) is 0.705. The first-order chi connectivity index (χ1) is 9.13. The fourth-order valence-electron chi connectivity index (χ4n) is 1.67. The molecule has 1 unspecified atom stereocenters. The van der Waals surface area contributed by atoms with Crippen LogP contribution in [0.4, 0.5) is 0 Å². The number of amides is 1. The van der Waals surface area contributed by atoms with Crippen LogP contribution in [-0.2, 0) is 4.79 Å². The lowest BCUT2D eigenvalue weighted by molar-refractivity contribution is -0.127. The summed E-state index contributed by atoms with van der Waals surface area (Å²) in [4.78, 5) is 11.8. The standard InChI is InChI=1S/C15H24N2O2/c1-4-8-16-9-10-17-15(18)13(3)19-14-7-5-6-12(2)11-14/h5-7,11,13,16H,4,8-10H2,1-3H3,(H,17,18). The predicted molar refractivity (Wildman–Crippen MR) is 77.4 cm³/mol. The monoisotopic (exact) mass is 264 g/mol. The van der Waals surface area contributed by atoms with Gasteiger partial charge in [-0.2, -0.15) is 0 Å². The summed E-state index contributed by atoms with van der Waals surface area (Å²) in [5.74, 6) is 0.645. The number of hydrogen-bond donors (Lipinski definition) is 2. The van der Waals surface area contributed by atoms with Crippen LogP contribution in [0.1, 0.15) is 25.8 Å². The van der Waals surface area contributed by atoms with Crippen molar-refractivity contribution in [1.29, 1.82) is 0 Å². The molecule has 0 radical (unpaired) electrons. The molecule has 2 N–H and O–H groups in total. The first-order valence-corrected chi connectivity index (χ1v) is 6.85. The van der Waals surface area contributed by atoms with Crippen LogP contribution < -0.4 is 15.4 Å². The maximum absolute atomic E-state index is 11.8. The Kier molecular flexibility index (Phi) is 6.97. The summed E-state index contributed by atoms with van der Waals surface area (Å²) in [6, 6.07) is 7.70. The molecular weight excluding hydrogens is 240 g/mol. The van der Waals surface area contributed by atoms with E-state index >= 15 is 0 Å². The predicted octanol–water partition coefficient (Wildman–Crippen LogP) is 1.88. The van der Waals surface area contributed by atoms with Gasteiger partial charge < -0.3 is 15.4 Å². The van der Waals surface area contributed by atoms with Crippen molar-refractivity contribution in [3.8, 4) is 5.75 Å². The lowest BCUT2D eigenvalue weighted by Gasteiger charge is -2.15. The number of nitrogens with one attached hydrogen (secondary N) is 2. The Hall–Kier alpha value is -1.55. The van der Waals surface area contributed by atoms with E-state index in [1.165, 1.54) is 0 Å². The fraction of sp³-hybridized carbons (Fsp3) is 0.533. The average molecular weight is 264 g/mol. The summed E-state index contributed by atoms with van der Waals surface area (Å²) < 4.78 is 5.60. The van der Waals surface area contributed by atoms with Crippen molar-refractivity contribution in [3.05, 3.63) is 29.8 Å². The Bertz CT molecular complexity index is 393. The van der Waals surface area contributed by atoms with Crippen LogP contribution in [0.2, 0.25) is 0 Å². The van der Waals surface area contributed by atoms with Crippen molar-refractivity contribution in [1.82, 2.24) is 10.6 Å². The molecule has 4 nitrogen and oxygen atoms in total. The van der Waals surface area contributed by atoms with Gasteiger partial charge in [0.2, 0.25) is 0 Å². The maximum Gasteiger partial charge on any atom is 0.260 e. The maximum atomic E-state index is 11.8. The molecule has 1 amide bonds. The molecule has 106 valence electrons. The van der Waals surface area contributed by atoms with Crippen LogP contribution in [0.25, 0.3) is 0 Å². The Morgan fingerprint density at radius 1 is 1.32 bits per heavy atom. The number of carbonyl (C=O) groups excluding carboxylic acids is 1. The van der Waals surface area contributed by atoms with Crippen molar-refractivity contribution >= 4 is 5.91 Å². The minimum Gasteiger partial charge on any atom is -0.481 e. The van der Waals surface area contributed by atoms with Gasteiger partial charge >= 0.3 is 0 Å². The Labute approximate surface area is 115 Å². The summed E-state index contributed by atoms with van der Waals surface area (Å²) >= 11 is 0. The molecule has 1 aromatic rings. The second-order valence-electron chi connectivity index (χ2n) is 4.62. The molecule has 1 atom stereocenters. The lowest BCUT2D eigenvalue weighted by atomic mass is 10.2. The summed E-state index contributed by atoms with van der Waals surface area (Å²) in [5, 5.41) is 6.08. The Morgan fingerprint density at radius 3 is 2.79 bits per heavy atom. The van der Waals surface area contributed by atoms with E-state index in [1.807, 2.05) is 31.2 Å². The largest absolute Gasteiger partial charge is 0.481 e. The van der Waals surface area contributed by atoms with Crippen molar-refractivity contribution in [2.75, 3.05) is 19.6 Å². The smallest absolute Gasteiger partial charge is 0.260 e. The van der Waals surface area contributed by atoms with E-state index in [1.54, 1.807) is 6.92 Å². The second-order valence-corrected chi connectivity index (χ2v) is 4.62. The molecule has 0 saturated heterocycles. The molecule has 0 aliphatic carbocycles. The number of carbonyl (C=O) groups is 1. The highest BCUT2D eigenvalue weighted by Gasteiger charge is 2.13. The van der Waals surface area contributed by atoms with Crippen LogP contribution in [0.15, 0.2) is 24.3 Å². The molecular formula is C15H24N2O2. The molecule has 0 spiro atoms. The molecule has 4 heteroatoms. The van der Waals surface area contributed by atoms with E-state index in [0.29, 0.717) is 6.54 Å². The van der Waals surface area contributed by atoms with Gasteiger partial charge in [-0.05, 0) is 44.5 Å². The van der Waals surface area contributed by atoms with Crippen LogP contribution in [0.5, 0.6) is 5.75 Å². The van der Waals surface area contributed by atoms with Gasteiger partial charge in [-0.3, -0.25) is 4.79 Å². The Balaban J connectivity index is 2.28. The zero-order valence-electron chi connectivity index (χ0n) is 12.0. The average Bonchev–Trinajstić information content (AvgIpc) is 2.38. The van der Waals surface area contributed by atoms with E-state index in [2.05, 4.69) is 17.6 Å². The van der Waals surface area contributed by atoms with Crippen molar-refractivity contribution in [2.45, 2.75) is 33.3 Å². The van der Waals surface area contributed by atoms with Gasteiger partial charge in [-0.25, -0.2) is 0 Å². The first-order valence-electron chi connectivity index (χ1n) is 6.85. The first kappa shape index (κ1) is 15.5. The highest BCUT2D eigenvalue weighted by atomic mass is 16.5. The van der Waals surface area contributed by atoms with E-state index in [9.17, 15) is 4.79 Å². The minimum absolute atomic E-state index is 0.0835. The molecule has 0 bridgehead atoms. The topological polar surface area (TPSA) is 50.4 Å². The molecule has 1 rings (SSSR count). The summed E-state index contributed by atoms with van der Waals surface area (Å²) in [6.07, 6.45) is 0.619. The van der Waals surface area contributed by atoms with Crippen LogP contribution >= 0.6 is 0 Å². The molecule has 19 heavy (non-hydrogen) atoms. The molecule has 0 aliphatic heterocycles. The van der Waals surface area contributed by atoms with Gasteiger partial charge in [0, 0.05) is 13.1 Å². The third-order valence-corrected chi connectivity index (χ3v) is 2.70. The molecule has 0 aromatic heterocycles. The van der Waals surface area contributed by atoms with Gasteiger partial charge in [0.1, 0.15) is 5.75 Å². The highest BCUT2D eigenvalue weighted by molar-refractivity contribution is 5.80. The molecule has 0 saturated carbocycles. The summed E-state index contributed by atoms with van der Waals surface area (Å²) in [6.45, 7) is 8.26. The van der Waals surface area contributed by atoms with E-state index in [0.717, 1.165) is 30.8 Å². The van der Waals surface area contributed by atoms with Gasteiger partial charge in [-0.15, -0.1) is 0 Å². The van der Waals surface area contributed by atoms with Crippen LogP contribution in [0, 0.1) is 6.92 Å². The molecule has 0 heterocycles. The van der Waals surface area contributed by atoms with Gasteiger partial charge in [0.15, 0.2) is 6.10 Å². The number of hydrogen-bond acceptors (Lipinski definition) is 3. The minimum atomic E-state index is -0.479. The van der Waals surface area contributed by atoms with Crippen LogP contribution in [-0.4, -0.2) is 31.6 Å². The van der Waals surface area contributed by atoms with Crippen molar-refractivity contribution in [2.24, 2.45) is 0 Å². The SMILES string of the molecule is CCCNCCNC(=O)C(C)Oc1cccc(C)c1. The third kappa shape index (κ3) is 6.25. The summed E-state index contributed by atoms with van der Waals surface area (Å²) in [5.41, 5.74) is 1.12. The van der Waals surface area contributed by atoms with Crippen LogP contribution in [0.3, 0.4) is 0 Å². The second kappa shape index (κ2) is 8.53. The van der Waals surface area contributed by atoms with E-state index in [4.69, 9.17) is 4.74 Å². The third-order valence-electron chi connectivity index (χ3n) is 2.70. The van der Waals surface area contributed by atoms with Gasteiger partial charge in [0.25, 0.3) is 5.91 Å². The number of ether oxygens (including phenoxy) is 1. The number of benzene rings is 1. The normalized spacial score (nSPS) is 11.9. The van der Waals surface area contributed by atoms with Crippen molar-refractivity contribution in [3.63, 3.8) is 0 Å². The molecule has 1 aromatic carbocycles. The van der Waals surface area contributed by atoms with E-state index < -0.39 is 6.10 Å². The van der Waals surface area contributed by atoms with Gasteiger partial charge in [0.05, 0.1) is 0 Å². The van der Waals surface area contributed by atoms with Crippen molar-refractivity contribution < 1.29 is 9.53 Å². The zero-order valence-corrected chi connectivity index (χ0v) is 12.0. The summed E-state index contributed by atoms with van der Waals surface area (Å²) in [7, 11) is 0. The fourth-order valence-corrected chi connectivity index (χ4v) is 1.67. The van der Waals surface area contributed by atoms with E-state index in [-0.39, 0.29) is 5.91 Å².